The summed E-state index contributed by atoms with van der Waals surface area (Å²) in [5.74, 6) is 6.92. The molecule has 0 bridgehead atoms. The Morgan fingerprint density at radius 1 is 1.31 bits per heavy atom. The number of dihydropyridines is 1. The molecule has 10 nitrogen and oxygen atoms in total. The molecular formula is C25H32N8O2S. The SMILES string of the molecule is CC(C)NC1=CC(N)(c2ccnc(-c3cnn(S(=O)(=O)C4CC4)c3)n2)NC=C1C#CCN1CCCC1. The molecule has 1 atom stereocenters. The molecule has 1 saturated heterocycles. The minimum atomic E-state index is -3.46. The summed E-state index contributed by atoms with van der Waals surface area (Å²) in [4.78, 5) is 11.3. The van der Waals surface area contributed by atoms with Crippen molar-refractivity contribution in [2.24, 2.45) is 5.73 Å². The van der Waals surface area contributed by atoms with Crippen LogP contribution in [0, 0.1) is 11.8 Å². The van der Waals surface area contributed by atoms with Gasteiger partial charge in [0.1, 0.15) is 0 Å². The third-order valence-electron chi connectivity index (χ3n) is 6.39. The Balaban J connectivity index is 1.39. The molecule has 190 valence electrons. The van der Waals surface area contributed by atoms with Crippen molar-refractivity contribution in [3.8, 4) is 23.2 Å². The zero-order valence-electron chi connectivity index (χ0n) is 20.6. The predicted octanol–water partition coefficient (Wildman–Crippen LogP) is 1.26. The summed E-state index contributed by atoms with van der Waals surface area (Å²) in [6.07, 6.45) is 12.1. The van der Waals surface area contributed by atoms with E-state index in [1.54, 1.807) is 12.3 Å². The average Bonchev–Trinajstić information content (AvgIpc) is 3.37. The number of allylic oxidation sites excluding steroid dienone is 1. The van der Waals surface area contributed by atoms with Gasteiger partial charge in [0.2, 0.25) is 0 Å². The van der Waals surface area contributed by atoms with Crippen LogP contribution in [0.25, 0.3) is 11.4 Å². The molecule has 0 spiro atoms. The number of rotatable bonds is 7. The highest BCUT2D eigenvalue weighted by atomic mass is 32.2. The molecule has 4 heterocycles. The zero-order chi connectivity index (χ0) is 25.3. The van der Waals surface area contributed by atoms with Crippen LogP contribution >= 0.6 is 0 Å². The summed E-state index contributed by atoms with van der Waals surface area (Å²) in [6, 6.07) is 1.92. The molecule has 36 heavy (non-hydrogen) atoms. The fraction of sp³-hybridized carbons (Fsp3) is 0.480. The Bertz CT molecular complexity index is 1360. The molecule has 3 aliphatic rings. The number of hydrogen-bond donors (Lipinski definition) is 3. The van der Waals surface area contributed by atoms with E-state index in [0.717, 1.165) is 35.0 Å². The highest BCUT2D eigenvalue weighted by Gasteiger charge is 2.38. The van der Waals surface area contributed by atoms with E-state index in [-0.39, 0.29) is 11.3 Å². The molecule has 11 heteroatoms. The van der Waals surface area contributed by atoms with Gasteiger partial charge in [-0.25, -0.2) is 18.4 Å². The van der Waals surface area contributed by atoms with Crippen molar-refractivity contribution in [2.45, 2.75) is 56.5 Å². The van der Waals surface area contributed by atoms with E-state index in [9.17, 15) is 8.42 Å². The number of hydrogen-bond acceptors (Lipinski definition) is 9. The molecule has 0 aromatic carbocycles. The zero-order valence-corrected chi connectivity index (χ0v) is 21.4. The number of nitrogens with two attached hydrogens (primary N) is 1. The van der Waals surface area contributed by atoms with Crippen molar-refractivity contribution in [1.82, 2.24) is 34.7 Å². The normalized spacial score (nSPS) is 22.4. The number of nitrogens with zero attached hydrogens (tertiary/aromatic N) is 5. The minimum absolute atomic E-state index is 0.183. The quantitative estimate of drug-likeness (QED) is 0.473. The van der Waals surface area contributed by atoms with Crippen molar-refractivity contribution >= 4 is 10.0 Å². The van der Waals surface area contributed by atoms with Gasteiger partial charge in [-0.2, -0.15) is 9.19 Å². The van der Waals surface area contributed by atoms with Gasteiger partial charge in [0.25, 0.3) is 10.0 Å². The Hall–Kier alpha value is -3.20. The van der Waals surface area contributed by atoms with Crippen LogP contribution in [-0.4, -0.2) is 63.4 Å². The third-order valence-corrected chi connectivity index (χ3v) is 8.43. The summed E-state index contributed by atoms with van der Waals surface area (Å²) in [5.41, 5.74) is 8.38. The fourth-order valence-electron chi connectivity index (χ4n) is 4.29. The third kappa shape index (κ3) is 5.16. The van der Waals surface area contributed by atoms with E-state index in [0.29, 0.717) is 29.9 Å². The van der Waals surface area contributed by atoms with E-state index in [1.807, 2.05) is 12.3 Å². The second-order valence-corrected chi connectivity index (χ2v) is 11.9. The van der Waals surface area contributed by atoms with Gasteiger partial charge in [0.05, 0.1) is 46.7 Å². The largest absolute Gasteiger partial charge is 0.382 e. The van der Waals surface area contributed by atoms with Crippen LogP contribution in [0.2, 0.25) is 0 Å². The first-order valence-electron chi connectivity index (χ1n) is 12.4. The van der Waals surface area contributed by atoms with Gasteiger partial charge in [0.15, 0.2) is 11.5 Å². The molecule has 2 aromatic rings. The highest BCUT2D eigenvalue weighted by molar-refractivity contribution is 7.90. The first-order chi connectivity index (χ1) is 17.2. The number of nitrogens with one attached hydrogen (secondary N) is 2. The van der Waals surface area contributed by atoms with Crippen molar-refractivity contribution < 1.29 is 8.42 Å². The van der Waals surface area contributed by atoms with E-state index in [4.69, 9.17) is 5.73 Å². The van der Waals surface area contributed by atoms with Crippen LogP contribution in [-0.2, 0) is 15.7 Å². The summed E-state index contributed by atoms with van der Waals surface area (Å²) >= 11 is 0. The van der Waals surface area contributed by atoms with E-state index in [1.165, 1.54) is 25.2 Å². The predicted molar refractivity (Wildman–Crippen MR) is 137 cm³/mol. The summed E-state index contributed by atoms with van der Waals surface area (Å²) < 4.78 is 26.0. The second-order valence-electron chi connectivity index (χ2n) is 9.82. The monoisotopic (exact) mass is 508 g/mol. The van der Waals surface area contributed by atoms with Crippen molar-refractivity contribution in [2.75, 3.05) is 19.6 Å². The first-order valence-corrected chi connectivity index (χ1v) is 13.9. The van der Waals surface area contributed by atoms with Crippen molar-refractivity contribution in [3.05, 3.63) is 53.9 Å². The first kappa shape index (κ1) is 24.5. The maximum atomic E-state index is 12.5. The van der Waals surface area contributed by atoms with E-state index >= 15 is 0 Å². The van der Waals surface area contributed by atoms with Gasteiger partial charge >= 0.3 is 0 Å². The average molecular weight is 509 g/mol. The maximum Gasteiger partial charge on any atom is 0.256 e. The molecule has 5 rings (SSSR count). The van der Waals surface area contributed by atoms with Gasteiger partial charge in [0, 0.05) is 18.4 Å². The van der Waals surface area contributed by atoms with Crippen LogP contribution in [0.3, 0.4) is 0 Å². The molecule has 2 fully saturated rings. The van der Waals surface area contributed by atoms with E-state index in [2.05, 4.69) is 56.3 Å². The van der Waals surface area contributed by atoms with Crippen molar-refractivity contribution in [1.29, 1.82) is 0 Å². The van der Waals surface area contributed by atoms with Crippen molar-refractivity contribution in [3.63, 3.8) is 0 Å². The number of aromatic nitrogens is 4. The van der Waals surface area contributed by atoms with Gasteiger partial charge in [-0.05, 0) is 64.8 Å². The van der Waals surface area contributed by atoms with Crippen LogP contribution in [0.5, 0.6) is 0 Å². The Labute approximate surface area is 212 Å². The minimum Gasteiger partial charge on any atom is -0.382 e. The topological polar surface area (TPSA) is 131 Å². The smallest absolute Gasteiger partial charge is 0.256 e. The molecular weight excluding hydrogens is 476 g/mol. The molecule has 0 radical (unpaired) electrons. The summed E-state index contributed by atoms with van der Waals surface area (Å²) in [7, 11) is -3.46. The second kappa shape index (κ2) is 9.69. The van der Waals surface area contributed by atoms with Crippen LogP contribution < -0.4 is 16.4 Å². The van der Waals surface area contributed by atoms with Gasteiger partial charge in [-0.15, -0.1) is 0 Å². The van der Waals surface area contributed by atoms with Crippen LogP contribution in [0.1, 0.15) is 45.2 Å². The summed E-state index contributed by atoms with van der Waals surface area (Å²) in [6.45, 7) is 7.08. The van der Waals surface area contributed by atoms with Gasteiger partial charge in [-0.3, -0.25) is 4.90 Å². The number of likely N-dealkylation sites (tertiary alicyclic amines) is 1. The Kier molecular flexibility index (Phi) is 6.59. The molecule has 0 amide bonds. The molecule has 2 aromatic heterocycles. The maximum absolute atomic E-state index is 12.5. The fourth-order valence-corrected chi connectivity index (χ4v) is 5.77. The molecule has 1 aliphatic carbocycles. The van der Waals surface area contributed by atoms with E-state index < -0.39 is 15.7 Å². The molecule has 1 unspecified atom stereocenters. The highest BCUT2D eigenvalue weighted by Crippen LogP contribution is 2.30. The van der Waals surface area contributed by atoms with Crippen LogP contribution in [0.15, 0.2) is 48.2 Å². The lowest BCUT2D eigenvalue weighted by Crippen LogP contribution is -2.50. The van der Waals surface area contributed by atoms with Crippen LogP contribution in [0.4, 0.5) is 0 Å². The lowest BCUT2D eigenvalue weighted by Gasteiger charge is -2.32. The van der Waals surface area contributed by atoms with Gasteiger partial charge in [-0.1, -0.05) is 11.8 Å². The lowest BCUT2D eigenvalue weighted by atomic mass is 9.98. The lowest BCUT2D eigenvalue weighted by molar-refractivity contribution is 0.383. The Morgan fingerprint density at radius 2 is 2.08 bits per heavy atom. The molecule has 4 N–H and O–H groups in total. The molecule has 1 saturated carbocycles. The van der Waals surface area contributed by atoms with Gasteiger partial charge < -0.3 is 16.4 Å². The Morgan fingerprint density at radius 3 is 2.81 bits per heavy atom. The molecule has 2 aliphatic heterocycles. The standard InChI is InChI=1S/C25H32N8O2S/c1-18(2)30-22-14-25(26,28-15-19(22)6-5-13-32-11-3-4-12-32)23-9-10-27-24(31-23)20-16-29-33(17-20)36(34,35)21-7-8-21/h9-10,14-18,21,28,30H,3-4,7-8,11-13,26H2,1-2H3. The summed E-state index contributed by atoms with van der Waals surface area (Å²) in [5, 5.41) is 10.4.